The largest absolute Gasteiger partial charge is 0.469 e. The van der Waals surface area contributed by atoms with Crippen molar-refractivity contribution in [3.05, 3.63) is 0 Å². The van der Waals surface area contributed by atoms with Crippen LogP contribution in [0.2, 0.25) is 0 Å². The van der Waals surface area contributed by atoms with Crippen molar-refractivity contribution in [3.63, 3.8) is 0 Å². The summed E-state index contributed by atoms with van der Waals surface area (Å²) in [5.41, 5.74) is 0. The molecular weight excluding hydrogens is 260 g/mol. The van der Waals surface area contributed by atoms with E-state index in [1.54, 1.807) is 7.11 Å². The Morgan fingerprint density at radius 1 is 1.30 bits per heavy atom. The predicted molar refractivity (Wildman–Crippen MR) is 75.3 cm³/mol. The molecule has 1 amide bonds. The molecule has 1 heterocycles. The van der Waals surface area contributed by atoms with Crippen molar-refractivity contribution >= 4 is 11.9 Å². The summed E-state index contributed by atoms with van der Waals surface area (Å²) in [4.78, 5) is 25.6. The minimum Gasteiger partial charge on any atom is -0.469 e. The average Bonchev–Trinajstić information content (AvgIpc) is 2.50. The summed E-state index contributed by atoms with van der Waals surface area (Å²) in [6.45, 7) is 4.71. The van der Waals surface area contributed by atoms with E-state index in [0.29, 0.717) is 13.2 Å². The second kappa shape index (κ2) is 8.92. The molecule has 6 nitrogen and oxygen atoms in total. The van der Waals surface area contributed by atoms with E-state index in [-0.39, 0.29) is 23.8 Å². The second-order valence-corrected chi connectivity index (χ2v) is 5.15. The second-order valence-electron chi connectivity index (χ2n) is 5.15. The van der Waals surface area contributed by atoms with Gasteiger partial charge in [-0.1, -0.05) is 0 Å². The van der Waals surface area contributed by atoms with Crippen LogP contribution in [0.3, 0.4) is 0 Å². The van der Waals surface area contributed by atoms with Gasteiger partial charge in [0.25, 0.3) is 0 Å². The Kier molecular flexibility index (Phi) is 7.54. The molecule has 1 rings (SSSR count). The maximum absolute atomic E-state index is 12.0. The first-order valence-corrected chi connectivity index (χ1v) is 7.18. The Bertz CT molecular complexity index is 314. The molecule has 0 saturated carbocycles. The molecule has 6 heteroatoms. The van der Waals surface area contributed by atoms with Gasteiger partial charge in [-0.15, -0.1) is 0 Å². The van der Waals surface area contributed by atoms with Gasteiger partial charge in [0.05, 0.1) is 19.1 Å². The van der Waals surface area contributed by atoms with Crippen LogP contribution in [0.4, 0.5) is 0 Å². The Hall–Kier alpha value is -1.14. The van der Waals surface area contributed by atoms with Gasteiger partial charge in [-0.2, -0.15) is 0 Å². The van der Waals surface area contributed by atoms with Gasteiger partial charge >= 0.3 is 5.97 Å². The molecule has 1 aliphatic rings. The molecule has 0 aromatic rings. The average molecular weight is 286 g/mol. The topological polar surface area (TPSA) is 67.9 Å². The van der Waals surface area contributed by atoms with Gasteiger partial charge < -0.3 is 14.8 Å². The van der Waals surface area contributed by atoms with Crippen LogP contribution in [-0.2, 0) is 19.1 Å². The molecule has 0 aliphatic carbocycles. The maximum Gasteiger partial charge on any atom is 0.308 e. The fourth-order valence-electron chi connectivity index (χ4n) is 2.43. The number of nitrogens with zero attached hydrogens (tertiary/aromatic N) is 1. The van der Waals surface area contributed by atoms with E-state index in [4.69, 9.17) is 9.47 Å². The molecule has 0 spiro atoms. The lowest BCUT2D eigenvalue weighted by Gasteiger charge is -2.34. The van der Waals surface area contributed by atoms with Gasteiger partial charge in [0.15, 0.2) is 0 Å². The highest BCUT2D eigenvalue weighted by Crippen LogP contribution is 2.20. The van der Waals surface area contributed by atoms with Crippen LogP contribution >= 0.6 is 0 Å². The number of piperidine rings is 1. The van der Waals surface area contributed by atoms with E-state index in [1.807, 2.05) is 6.92 Å². The highest BCUT2D eigenvalue weighted by molar-refractivity contribution is 5.81. The third kappa shape index (κ3) is 5.09. The number of amides is 1. The monoisotopic (exact) mass is 286 g/mol. The molecule has 0 aromatic heterocycles. The molecule has 1 aliphatic heterocycles. The molecule has 1 fully saturated rings. The zero-order valence-corrected chi connectivity index (χ0v) is 12.7. The summed E-state index contributed by atoms with van der Waals surface area (Å²) in [7, 11) is 3.07. The van der Waals surface area contributed by atoms with E-state index in [2.05, 4.69) is 10.2 Å². The fraction of sp³-hybridized carbons (Fsp3) is 0.857. The third-order valence-corrected chi connectivity index (χ3v) is 3.82. The molecule has 0 radical (unpaired) electrons. The number of likely N-dealkylation sites (tertiary alicyclic amines) is 1. The molecule has 1 atom stereocenters. The number of carbonyl (C=O) groups excluding carboxylic acids is 2. The number of carbonyl (C=O) groups is 2. The van der Waals surface area contributed by atoms with Crippen LogP contribution < -0.4 is 5.32 Å². The van der Waals surface area contributed by atoms with Gasteiger partial charge in [-0.25, -0.2) is 0 Å². The standard InChI is InChI=1S/C14H26N2O4/c1-11(13(17)15-7-4-10-19-2)16-8-5-12(6-9-16)14(18)20-3/h11-12H,4-10H2,1-3H3,(H,15,17). The molecular formula is C14H26N2O4. The normalized spacial score (nSPS) is 18.6. The highest BCUT2D eigenvalue weighted by atomic mass is 16.5. The lowest BCUT2D eigenvalue weighted by atomic mass is 9.96. The van der Waals surface area contributed by atoms with Crippen LogP contribution in [0, 0.1) is 5.92 Å². The molecule has 1 saturated heterocycles. The van der Waals surface area contributed by atoms with E-state index in [9.17, 15) is 9.59 Å². The van der Waals surface area contributed by atoms with Gasteiger partial charge in [-0.05, 0) is 39.3 Å². The summed E-state index contributed by atoms with van der Waals surface area (Å²) < 4.78 is 9.70. The van der Waals surface area contributed by atoms with Crippen LogP contribution in [0.25, 0.3) is 0 Å². The fourth-order valence-corrected chi connectivity index (χ4v) is 2.43. The zero-order valence-electron chi connectivity index (χ0n) is 12.7. The van der Waals surface area contributed by atoms with Crippen molar-refractivity contribution < 1.29 is 19.1 Å². The van der Waals surface area contributed by atoms with Crippen molar-refractivity contribution in [1.82, 2.24) is 10.2 Å². The van der Waals surface area contributed by atoms with Crippen molar-refractivity contribution in [3.8, 4) is 0 Å². The van der Waals surface area contributed by atoms with Gasteiger partial charge in [0, 0.05) is 20.3 Å². The summed E-state index contributed by atoms with van der Waals surface area (Å²) in [6, 6.07) is -0.156. The van der Waals surface area contributed by atoms with E-state index in [0.717, 1.165) is 32.4 Å². The number of nitrogens with one attached hydrogen (secondary N) is 1. The van der Waals surface area contributed by atoms with Crippen LogP contribution in [-0.4, -0.2) is 63.3 Å². The summed E-state index contributed by atoms with van der Waals surface area (Å²) in [6.07, 6.45) is 2.33. The van der Waals surface area contributed by atoms with Gasteiger partial charge in [0.1, 0.15) is 0 Å². The van der Waals surface area contributed by atoms with Gasteiger partial charge in [0.2, 0.25) is 5.91 Å². The number of rotatable bonds is 7. The van der Waals surface area contributed by atoms with Crippen molar-refractivity contribution in [2.75, 3.05) is 40.5 Å². The molecule has 1 unspecified atom stereocenters. The smallest absolute Gasteiger partial charge is 0.308 e. The SMILES string of the molecule is COCCCNC(=O)C(C)N1CCC(C(=O)OC)CC1. The number of hydrogen-bond donors (Lipinski definition) is 1. The maximum atomic E-state index is 12.0. The quantitative estimate of drug-likeness (QED) is 0.542. The van der Waals surface area contributed by atoms with Crippen molar-refractivity contribution in [2.45, 2.75) is 32.2 Å². The first kappa shape index (κ1) is 16.9. The van der Waals surface area contributed by atoms with Gasteiger partial charge in [-0.3, -0.25) is 14.5 Å². The zero-order chi connectivity index (χ0) is 15.0. The Balaban J connectivity index is 2.29. The Morgan fingerprint density at radius 3 is 2.50 bits per heavy atom. The van der Waals surface area contributed by atoms with E-state index < -0.39 is 0 Å². The predicted octanol–water partition coefficient (Wildman–Crippen LogP) is 0.413. The Labute approximate surface area is 120 Å². The first-order chi connectivity index (χ1) is 9.60. The van der Waals surface area contributed by atoms with Crippen molar-refractivity contribution in [2.24, 2.45) is 5.92 Å². The van der Waals surface area contributed by atoms with Crippen LogP contribution in [0.15, 0.2) is 0 Å². The number of ether oxygens (including phenoxy) is 2. The first-order valence-electron chi connectivity index (χ1n) is 7.18. The lowest BCUT2D eigenvalue weighted by Crippen LogP contribution is -2.49. The van der Waals surface area contributed by atoms with Crippen LogP contribution in [0.1, 0.15) is 26.2 Å². The number of methoxy groups -OCH3 is 2. The van der Waals surface area contributed by atoms with E-state index >= 15 is 0 Å². The number of hydrogen-bond acceptors (Lipinski definition) is 5. The van der Waals surface area contributed by atoms with Crippen molar-refractivity contribution in [1.29, 1.82) is 0 Å². The minimum atomic E-state index is -0.156. The summed E-state index contributed by atoms with van der Waals surface area (Å²) >= 11 is 0. The molecule has 1 N–H and O–H groups in total. The number of esters is 1. The molecule has 0 bridgehead atoms. The van der Waals surface area contributed by atoms with E-state index in [1.165, 1.54) is 7.11 Å². The molecule has 0 aromatic carbocycles. The lowest BCUT2D eigenvalue weighted by molar-refractivity contribution is -0.147. The molecule has 116 valence electrons. The minimum absolute atomic E-state index is 0.0202. The molecule has 20 heavy (non-hydrogen) atoms. The highest BCUT2D eigenvalue weighted by Gasteiger charge is 2.29. The van der Waals surface area contributed by atoms with Crippen LogP contribution in [0.5, 0.6) is 0 Å². The summed E-state index contributed by atoms with van der Waals surface area (Å²) in [5, 5.41) is 2.91. The Morgan fingerprint density at radius 2 is 1.95 bits per heavy atom. The summed E-state index contributed by atoms with van der Waals surface area (Å²) in [5.74, 6) is -0.118. The third-order valence-electron chi connectivity index (χ3n) is 3.82.